The Hall–Kier alpha value is -1.83. The van der Waals surface area contributed by atoms with E-state index in [-0.39, 0.29) is 12.1 Å². The first kappa shape index (κ1) is 17.2. The van der Waals surface area contributed by atoms with Crippen molar-refractivity contribution >= 4 is 11.6 Å². The standard InChI is InChI=1S/C13H17F4N3O/c1-20(7-10(19)6-14)12(21)11(13(15,16)17)8-2-4-9(18)5-3-8/h2-5,10-11H,6-7,18-19H2,1H3/t10-,11?/m1/s1. The predicted octanol–water partition coefficient (Wildman–Crippen LogP) is 1.67. The van der Waals surface area contributed by atoms with Gasteiger partial charge in [-0.05, 0) is 17.7 Å². The summed E-state index contributed by atoms with van der Waals surface area (Å²) in [6.45, 7) is -1.22. The van der Waals surface area contributed by atoms with E-state index in [4.69, 9.17) is 11.5 Å². The van der Waals surface area contributed by atoms with Crippen LogP contribution in [0.25, 0.3) is 0 Å². The van der Waals surface area contributed by atoms with Crippen molar-refractivity contribution in [2.75, 3.05) is 26.0 Å². The third-order valence-electron chi connectivity index (χ3n) is 2.93. The highest BCUT2D eigenvalue weighted by Crippen LogP contribution is 2.36. The van der Waals surface area contributed by atoms with Gasteiger partial charge in [0.2, 0.25) is 5.91 Å². The van der Waals surface area contributed by atoms with Gasteiger partial charge >= 0.3 is 6.18 Å². The Bertz CT molecular complexity index is 475. The molecule has 2 atom stereocenters. The molecule has 4 N–H and O–H groups in total. The topological polar surface area (TPSA) is 72.3 Å². The maximum absolute atomic E-state index is 13.2. The highest BCUT2D eigenvalue weighted by Gasteiger charge is 2.47. The van der Waals surface area contributed by atoms with Crippen LogP contribution in [0.15, 0.2) is 24.3 Å². The smallest absolute Gasteiger partial charge is 0.399 e. The lowest BCUT2D eigenvalue weighted by Crippen LogP contribution is -2.44. The van der Waals surface area contributed by atoms with Crippen LogP contribution in [0.2, 0.25) is 0 Å². The van der Waals surface area contributed by atoms with Crippen LogP contribution < -0.4 is 11.5 Å². The number of rotatable bonds is 5. The summed E-state index contributed by atoms with van der Waals surface area (Å²) in [7, 11) is 1.16. The molecule has 0 saturated carbocycles. The summed E-state index contributed by atoms with van der Waals surface area (Å²) in [5, 5.41) is 0. The van der Waals surface area contributed by atoms with E-state index in [2.05, 4.69) is 0 Å². The van der Waals surface area contributed by atoms with Crippen molar-refractivity contribution in [1.82, 2.24) is 4.90 Å². The van der Waals surface area contributed by atoms with E-state index in [1.807, 2.05) is 0 Å². The number of nitrogen functional groups attached to an aromatic ring is 1. The minimum atomic E-state index is -4.76. The molecule has 0 aliphatic heterocycles. The van der Waals surface area contributed by atoms with E-state index in [0.717, 1.165) is 24.1 Å². The van der Waals surface area contributed by atoms with Crippen molar-refractivity contribution in [2.24, 2.45) is 5.73 Å². The van der Waals surface area contributed by atoms with E-state index in [1.54, 1.807) is 0 Å². The van der Waals surface area contributed by atoms with Gasteiger partial charge in [0.25, 0.3) is 0 Å². The number of nitrogens with two attached hydrogens (primary N) is 2. The molecule has 1 unspecified atom stereocenters. The van der Waals surface area contributed by atoms with Gasteiger partial charge in [-0.25, -0.2) is 4.39 Å². The minimum Gasteiger partial charge on any atom is -0.399 e. The summed E-state index contributed by atoms with van der Waals surface area (Å²) in [5.74, 6) is -3.51. The fraction of sp³-hybridized carbons (Fsp3) is 0.462. The van der Waals surface area contributed by atoms with Crippen molar-refractivity contribution in [3.8, 4) is 0 Å². The van der Waals surface area contributed by atoms with Crippen LogP contribution in [-0.2, 0) is 4.79 Å². The van der Waals surface area contributed by atoms with Crippen molar-refractivity contribution in [3.63, 3.8) is 0 Å². The average molecular weight is 307 g/mol. The summed E-state index contributed by atoms with van der Waals surface area (Å²) < 4.78 is 51.8. The van der Waals surface area contributed by atoms with Crippen LogP contribution in [0.4, 0.5) is 23.2 Å². The van der Waals surface area contributed by atoms with Gasteiger partial charge < -0.3 is 16.4 Å². The number of hydrogen-bond donors (Lipinski definition) is 2. The van der Waals surface area contributed by atoms with Crippen molar-refractivity contribution in [3.05, 3.63) is 29.8 Å². The number of halogens is 4. The normalized spacial score (nSPS) is 14.6. The van der Waals surface area contributed by atoms with Gasteiger partial charge in [-0.15, -0.1) is 0 Å². The molecule has 1 rings (SSSR count). The van der Waals surface area contributed by atoms with E-state index in [0.29, 0.717) is 5.69 Å². The molecule has 0 aliphatic carbocycles. The van der Waals surface area contributed by atoms with Gasteiger partial charge in [0.1, 0.15) is 6.67 Å². The molecule has 0 spiro atoms. The maximum atomic E-state index is 13.2. The van der Waals surface area contributed by atoms with Crippen molar-refractivity contribution < 1.29 is 22.4 Å². The first-order chi connectivity index (χ1) is 9.66. The second-order valence-corrected chi connectivity index (χ2v) is 4.77. The molecule has 1 aromatic rings. The lowest BCUT2D eigenvalue weighted by atomic mass is 9.96. The molecule has 0 heterocycles. The molecule has 0 saturated heterocycles. The number of amides is 1. The van der Waals surface area contributed by atoms with Crippen molar-refractivity contribution in [1.29, 1.82) is 0 Å². The van der Waals surface area contributed by atoms with Crippen LogP contribution in [0.1, 0.15) is 11.5 Å². The maximum Gasteiger partial charge on any atom is 0.404 e. The molecule has 1 amide bonds. The number of carbonyl (C=O) groups excluding carboxylic acids is 1. The fourth-order valence-corrected chi connectivity index (χ4v) is 1.87. The molecule has 0 bridgehead atoms. The summed E-state index contributed by atoms with van der Waals surface area (Å²) in [5.41, 5.74) is 10.8. The summed E-state index contributed by atoms with van der Waals surface area (Å²) in [4.78, 5) is 12.8. The van der Waals surface area contributed by atoms with E-state index < -0.39 is 30.7 Å². The predicted molar refractivity (Wildman–Crippen MR) is 71.2 cm³/mol. The molecule has 0 fully saturated rings. The molecule has 0 aromatic heterocycles. The van der Waals surface area contributed by atoms with Gasteiger partial charge in [-0.3, -0.25) is 4.79 Å². The molecule has 0 aliphatic rings. The monoisotopic (exact) mass is 307 g/mol. The van der Waals surface area contributed by atoms with E-state index in [9.17, 15) is 22.4 Å². The Morgan fingerprint density at radius 2 is 1.81 bits per heavy atom. The van der Waals surface area contributed by atoms with E-state index in [1.165, 1.54) is 12.1 Å². The fourth-order valence-electron chi connectivity index (χ4n) is 1.87. The molecular weight excluding hydrogens is 290 g/mol. The third kappa shape index (κ3) is 4.59. The lowest BCUT2D eigenvalue weighted by Gasteiger charge is -2.27. The van der Waals surface area contributed by atoms with E-state index >= 15 is 0 Å². The molecule has 118 valence electrons. The summed E-state index contributed by atoms with van der Waals surface area (Å²) in [6, 6.07) is 3.85. The molecule has 1 aromatic carbocycles. The number of benzene rings is 1. The number of nitrogens with zero attached hydrogens (tertiary/aromatic N) is 1. The van der Waals surface area contributed by atoms with Gasteiger partial charge in [0.05, 0.1) is 6.04 Å². The van der Waals surface area contributed by atoms with Gasteiger partial charge in [0.15, 0.2) is 5.92 Å². The minimum absolute atomic E-state index is 0.220. The molecular formula is C13H17F4N3O. The van der Waals surface area contributed by atoms with Crippen LogP contribution in [0.3, 0.4) is 0 Å². The first-order valence-corrected chi connectivity index (χ1v) is 6.15. The number of anilines is 1. The Morgan fingerprint density at radius 1 is 1.29 bits per heavy atom. The second kappa shape index (κ2) is 6.75. The van der Waals surface area contributed by atoms with Crippen LogP contribution in [-0.4, -0.2) is 43.3 Å². The number of carbonyl (C=O) groups is 1. The van der Waals surface area contributed by atoms with Crippen LogP contribution in [0, 0.1) is 0 Å². The Kier molecular flexibility index (Phi) is 5.54. The molecule has 4 nitrogen and oxygen atoms in total. The first-order valence-electron chi connectivity index (χ1n) is 6.15. The summed E-state index contributed by atoms with van der Waals surface area (Å²) in [6.07, 6.45) is -4.76. The zero-order chi connectivity index (χ0) is 16.2. The van der Waals surface area contributed by atoms with Gasteiger partial charge in [-0.1, -0.05) is 12.1 Å². The average Bonchev–Trinajstić information content (AvgIpc) is 2.39. The zero-order valence-electron chi connectivity index (χ0n) is 11.4. The Labute approximate surface area is 119 Å². The zero-order valence-corrected chi connectivity index (χ0v) is 11.4. The van der Waals surface area contributed by atoms with Gasteiger partial charge in [-0.2, -0.15) is 13.2 Å². The molecule has 0 radical (unpaired) electrons. The van der Waals surface area contributed by atoms with Gasteiger partial charge in [0, 0.05) is 19.3 Å². The number of likely N-dealkylation sites (N-methyl/N-ethyl adjacent to an activating group) is 1. The lowest BCUT2D eigenvalue weighted by molar-refractivity contribution is -0.171. The molecule has 8 heteroatoms. The summed E-state index contributed by atoms with van der Waals surface area (Å²) >= 11 is 0. The Balaban J connectivity index is 3.03. The number of alkyl halides is 4. The quantitative estimate of drug-likeness (QED) is 0.642. The van der Waals surface area contributed by atoms with Crippen LogP contribution >= 0.6 is 0 Å². The second-order valence-electron chi connectivity index (χ2n) is 4.77. The number of hydrogen-bond acceptors (Lipinski definition) is 3. The van der Waals surface area contributed by atoms with Crippen LogP contribution in [0.5, 0.6) is 0 Å². The highest BCUT2D eigenvalue weighted by molar-refractivity contribution is 5.84. The highest BCUT2D eigenvalue weighted by atomic mass is 19.4. The third-order valence-corrected chi connectivity index (χ3v) is 2.93. The van der Waals surface area contributed by atoms with Crippen molar-refractivity contribution in [2.45, 2.75) is 18.1 Å². The molecule has 21 heavy (non-hydrogen) atoms. The SMILES string of the molecule is CN(C[C@H](N)CF)C(=O)C(c1ccc(N)cc1)C(F)(F)F. The largest absolute Gasteiger partial charge is 0.404 e. The Morgan fingerprint density at radius 3 is 2.24 bits per heavy atom.